The van der Waals surface area contributed by atoms with Crippen molar-refractivity contribution in [2.75, 3.05) is 6.54 Å². The number of hydrogen-bond donors (Lipinski definition) is 1. The largest absolute Gasteiger partial charge is 0.483 e. The second-order valence-electron chi connectivity index (χ2n) is 5.21. The van der Waals surface area contributed by atoms with Crippen LogP contribution in [0.1, 0.15) is 48.2 Å². The van der Waals surface area contributed by atoms with Crippen molar-refractivity contribution in [1.29, 1.82) is 0 Å². The van der Waals surface area contributed by atoms with E-state index in [0.29, 0.717) is 6.04 Å². The smallest absolute Gasteiger partial charge is 0.152 e. The number of aromatic nitrogens is 1. The lowest BCUT2D eigenvalue weighted by Gasteiger charge is -2.31. The first kappa shape index (κ1) is 13.6. The van der Waals surface area contributed by atoms with E-state index in [1.54, 1.807) is 11.3 Å². The third kappa shape index (κ3) is 2.72. The maximum atomic E-state index is 6.15. The third-order valence-electron chi connectivity index (χ3n) is 3.57. The molecule has 0 radical (unpaired) electrons. The Morgan fingerprint density at radius 3 is 3.00 bits per heavy atom. The van der Waals surface area contributed by atoms with E-state index >= 15 is 0 Å². The number of hydrogen-bond acceptors (Lipinski definition) is 4. The predicted octanol–water partition coefficient (Wildman–Crippen LogP) is 4.02. The molecule has 2 unspecified atom stereocenters. The summed E-state index contributed by atoms with van der Waals surface area (Å²) in [6, 6.07) is 8.69. The minimum Gasteiger partial charge on any atom is -0.483 e. The van der Waals surface area contributed by atoms with Gasteiger partial charge in [0.15, 0.2) is 6.10 Å². The van der Waals surface area contributed by atoms with Crippen LogP contribution < -0.4 is 10.1 Å². The second kappa shape index (κ2) is 5.94. The van der Waals surface area contributed by atoms with E-state index in [1.165, 1.54) is 5.56 Å². The standard InChI is InChI=1S/C16H20N2OS/c1-3-8-17-13-9-15(16-18-11(2)10-20-16)19-14-7-5-4-6-12(13)14/h4-7,10,13,15,17H,3,8-9H2,1-2H3. The maximum absolute atomic E-state index is 6.15. The average molecular weight is 288 g/mol. The zero-order valence-corrected chi connectivity index (χ0v) is 12.7. The molecule has 0 saturated carbocycles. The number of nitrogens with zero attached hydrogens (tertiary/aromatic N) is 1. The molecule has 2 atom stereocenters. The number of nitrogens with one attached hydrogen (secondary N) is 1. The number of para-hydroxylation sites is 1. The van der Waals surface area contributed by atoms with Gasteiger partial charge < -0.3 is 10.1 Å². The van der Waals surface area contributed by atoms with Crippen LogP contribution in [0.4, 0.5) is 0 Å². The number of fused-ring (bicyclic) bond motifs is 1. The molecule has 0 spiro atoms. The summed E-state index contributed by atoms with van der Waals surface area (Å²) in [4.78, 5) is 4.59. The van der Waals surface area contributed by atoms with E-state index in [0.717, 1.165) is 35.8 Å². The Hall–Kier alpha value is -1.39. The molecule has 106 valence electrons. The van der Waals surface area contributed by atoms with E-state index in [-0.39, 0.29) is 6.10 Å². The lowest BCUT2D eigenvalue weighted by Crippen LogP contribution is -2.29. The Balaban J connectivity index is 1.87. The second-order valence-corrected chi connectivity index (χ2v) is 6.10. The molecule has 1 aliphatic rings. The predicted molar refractivity (Wildman–Crippen MR) is 82.3 cm³/mol. The molecular weight excluding hydrogens is 268 g/mol. The maximum Gasteiger partial charge on any atom is 0.152 e. The normalized spacial score (nSPS) is 21.3. The minimum absolute atomic E-state index is 0.0676. The molecule has 20 heavy (non-hydrogen) atoms. The van der Waals surface area contributed by atoms with Crippen molar-refractivity contribution in [2.24, 2.45) is 0 Å². The summed E-state index contributed by atoms with van der Waals surface area (Å²) in [7, 11) is 0. The number of rotatable bonds is 4. The van der Waals surface area contributed by atoms with E-state index < -0.39 is 0 Å². The monoisotopic (exact) mass is 288 g/mol. The quantitative estimate of drug-likeness (QED) is 0.922. The highest BCUT2D eigenvalue weighted by Gasteiger charge is 2.30. The van der Waals surface area contributed by atoms with Crippen LogP contribution in [-0.4, -0.2) is 11.5 Å². The number of thiazole rings is 1. The van der Waals surface area contributed by atoms with Crippen molar-refractivity contribution in [3.05, 3.63) is 45.9 Å². The Kier molecular flexibility index (Phi) is 4.03. The Morgan fingerprint density at radius 1 is 1.40 bits per heavy atom. The minimum atomic E-state index is 0.0676. The Labute approximate surface area is 124 Å². The van der Waals surface area contributed by atoms with Gasteiger partial charge >= 0.3 is 0 Å². The molecule has 0 aliphatic carbocycles. The summed E-state index contributed by atoms with van der Waals surface area (Å²) in [5.74, 6) is 0.991. The fourth-order valence-corrected chi connectivity index (χ4v) is 3.44. The fraction of sp³-hybridized carbons (Fsp3) is 0.438. The van der Waals surface area contributed by atoms with Crippen molar-refractivity contribution < 1.29 is 4.74 Å². The van der Waals surface area contributed by atoms with Gasteiger partial charge in [-0.15, -0.1) is 11.3 Å². The lowest BCUT2D eigenvalue weighted by molar-refractivity contribution is 0.151. The molecule has 0 fully saturated rings. The van der Waals surface area contributed by atoms with Crippen LogP contribution in [0.15, 0.2) is 29.6 Å². The molecule has 1 aromatic heterocycles. The summed E-state index contributed by atoms with van der Waals surface area (Å²) in [5.41, 5.74) is 2.34. The third-order valence-corrected chi connectivity index (χ3v) is 4.62. The summed E-state index contributed by atoms with van der Waals surface area (Å²) in [6.07, 6.45) is 2.16. The molecule has 0 bridgehead atoms. The van der Waals surface area contributed by atoms with Gasteiger partial charge in [-0.2, -0.15) is 0 Å². The van der Waals surface area contributed by atoms with E-state index in [1.807, 2.05) is 13.0 Å². The Bertz CT molecular complexity index is 581. The van der Waals surface area contributed by atoms with Crippen LogP contribution in [0, 0.1) is 6.92 Å². The molecule has 3 nitrogen and oxygen atoms in total. The molecule has 3 rings (SSSR count). The van der Waals surface area contributed by atoms with Gasteiger partial charge in [0.05, 0.1) is 0 Å². The summed E-state index contributed by atoms with van der Waals surface area (Å²) < 4.78 is 6.15. The Morgan fingerprint density at radius 2 is 2.25 bits per heavy atom. The SMILES string of the molecule is CCCNC1CC(c2nc(C)cs2)Oc2ccccc21. The van der Waals surface area contributed by atoms with Gasteiger partial charge in [0.25, 0.3) is 0 Å². The van der Waals surface area contributed by atoms with Gasteiger partial charge in [0.1, 0.15) is 10.8 Å². The highest BCUT2D eigenvalue weighted by molar-refractivity contribution is 7.09. The van der Waals surface area contributed by atoms with Gasteiger partial charge in [0.2, 0.25) is 0 Å². The lowest BCUT2D eigenvalue weighted by atomic mass is 9.96. The van der Waals surface area contributed by atoms with Crippen molar-refractivity contribution in [2.45, 2.75) is 38.8 Å². The number of ether oxygens (including phenoxy) is 1. The van der Waals surface area contributed by atoms with E-state index in [2.05, 4.69) is 40.8 Å². The van der Waals surface area contributed by atoms with E-state index in [9.17, 15) is 0 Å². The first-order valence-corrected chi connectivity index (χ1v) is 8.07. The summed E-state index contributed by atoms with van der Waals surface area (Å²) >= 11 is 1.69. The molecule has 0 amide bonds. The first-order chi connectivity index (χ1) is 9.78. The first-order valence-electron chi connectivity index (χ1n) is 7.19. The van der Waals surface area contributed by atoms with Crippen LogP contribution in [0.3, 0.4) is 0 Å². The molecule has 2 aromatic rings. The highest BCUT2D eigenvalue weighted by Crippen LogP contribution is 2.41. The van der Waals surface area contributed by atoms with Gasteiger partial charge in [-0.1, -0.05) is 25.1 Å². The van der Waals surface area contributed by atoms with Gasteiger partial charge in [-0.3, -0.25) is 0 Å². The van der Waals surface area contributed by atoms with Crippen LogP contribution in [0.5, 0.6) is 5.75 Å². The van der Waals surface area contributed by atoms with Crippen LogP contribution >= 0.6 is 11.3 Å². The van der Waals surface area contributed by atoms with E-state index in [4.69, 9.17) is 4.74 Å². The van der Waals surface area contributed by atoms with Crippen LogP contribution in [0.2, 0.25) is 0 Å². The van der Waals surface area contributed by atoms with Crippen LogP contribution in [-0.2, 0) is 0 Å². The fourth-order valence-electron chi connectivity index (χ4n) is 2.60. The molecule has 1 aliphatic heterocycles. The molecule has 1 aromatic carbocycles. The van der Waals surface area contributed by atoms with Crippen LogP contribution in [0.25, 0.3) is 0 Å². The molecule has 0 saturated heterocycles. The number of aryl methyl sites for hydroxylation is 1. The zero-order chi connectivity index (χ0) is 13.9. The van der Waals surface area contributed by atoms with Crippen molar-refractivity contribution in [3.63, 3.8) is 0 Å². The summed E-state index contributed by atoms with van der Waals surface area (Å²) in [5, 5.41) is 6.81. The topological polar surface area (TPSA) is 34.2 Å². The molecule has 2 heterocycles. The summed E-state index contributed by atoms with van der Waals surface area (Å²) in [6.45, 7) is 5.26. The average Bonchev–Trinajstić information content (AvgIpc) is 2.91. The van der Waals surface area contributed by atoms with Crippen molar-refractivity contribution >= 4 is 11.3 Å². The van der Waals surface area contributed by atoms with Crippen molar-refractivity contribution in [1.82, 2.24) is 10.3 Å². The highest BCUT2D eigenvalue weighted by atomic mass is 32.1. The zero-order valence-electron chi connectivity index (χ0n) is 11.9. The number of benzene rings is 1. The van der Waals surface area contributed by atoms with Gasteiger partial charge in [-0.25, -0.2) is 4.98 Å². The van der Waals surface area contributed by atoms with Gasteiger partial charge in [-0.05, 0) is 26.0 Å². The molecule has 4 heteroatoms. The molecule has 1 N–H and O–H groups in total. The van der Waals surface area contributed by atoms with Crippen molar-refractivity contribution in [3.8, 4) is 5.75 Å². The molecular formula is C16H20N2OS. The van der Waals surface area contributed by atoms with Gasteiger partial charge in [0, 0.05) is 29.1 Å².